The Hall–Kier alpha value is -4.66. The van der Waals surface area contributed by atoms with Crippen LogP contribution in [0.2, 0.25) is 0 Å². The van der Waals surface area contributed by atoms with Crippen LogP contribution in [0.1, 0.15) is 24.4 Å². The summed E-state index contributed by atoms with van der Waals surface area (Å²) in [6.45, 7) is 1.78. The molecule has 9 heteroatoms. The van der Waals surface area contributed by atoms with Crippen molar-refractivity contribution in [3.8, 4) is 22.9 Å². The molecule has 176 valence electrons. The van der Waals surface area contributed by atoms with Gasteiger partial charge in [0.05, 0.1) is 24.4 Å². The van der Waals surface area contributed by atoms with E-state index in [1.807, 2.05) is 30.3 Å². The average molecular weight is 472 g/mol. The van der Waals surface area contributed by atoms with Gasteiger partial charge in [-0.05, 0) is 48.9 Å². The number of anilines is 1. The van der Waals surface area contributed by atoms with E-state index in [0.717, 1.165) is 0 Å². The van der Waals surface area contributed by atoms with Gasteiger partial charge >= 0.3 is 6.03 Å². The van der Waals surface area contributed by atoms with Crippen molar-refractivity contribution in [2.24, 2.45) is 0 Å². The molecule has 0 saturated carbocycles. The number of nitrogens with zero attached hydrogens (tertiary/aromatic N) is 3. The third-order valence-corrected chi connectivity index (χ3v) is 5.77. The molecule has 0 spiro atoms. The van der Waals surface area contributed by atoms with Crippen molar-refractivity contribution < 1.29 is 23.6 Å². The topological polar surface area (TPSA) is 101 Å². The molecule has 8 nitrogen and oxygen atoms in total. The number of phenols is 1. The number of ether oxygens (including phenoxy) is 1. The molecule has 1 aromatic heterocycles. The van der Waals surface area contributed by atoms with Gasteiger partial charge in [-0.2, -0.15) is 4.98 Å². The van der Waals surface area contributed by atoms with Crippen LogP contribution in [-0.2, 0) is 0 Å². The number of carbonyl (C=O) groups is 1. The number of carbonyl (C=O) groups excluding carboxylic acids is 1. The summed E-state index contributed by atoms with van der Waals surface area (Å²) in [5, 5.41) is 17.4. The number of amides is 2. The van der Waals surface area contributed by atoms with Crippen LogP contribution in [-0.4, -0.2) is 28.4 Å². The summed E-state index contributed by atoms with van der Waals surface area (Å²) in [4.78, 5) is 19.3. The lowest BCUT2D eigenvalue weighted by molar-refractivity contribution is 0.244. The Morgan fingerprint density at radius 3 is 2.60 bits per heavy atom. The summed E-state index contributed by atoms with van der Waals surface area (Å²) < 4.78 is 24.5. The van der Waals surface area contributed by atoms with Crippen LogP contribution in [0.4, 0.5) is 14.9 Å². The van der Waals surface area contributed by atoms with Crippen molar-refractivity contribution >= 4 is 17.3 Å². The van der Waals surface area contributed by atoms with E-state index in [-0.39, 0.29) is 23.5 Å². The SMILES string of the molecule is COc1ccc(C2NC(=O)N(c3ccccc3)C(C)=C2c2nc(-c3cccc(F)c3)no2)cc1O. The Morgan fingerprint density at radius 1 is 1.09 bits per heavy atom. The first-order chi connectivity index (χ1) is 17.0. The summed E-state index contributed by atoms with van der Waals surface area (Å²) in [5.74, 6) is 0.168. The first-order valence-corrected chi connectivity index (χ1v) is 10.8. The van der Waals surface area contributed by atoms with E-state index in [0.29, 0.717) is 33.8 Å². The predicted molar refractivity (Wildman–Crippen MR) is 127 cm³/mol. The number of rotatable bonds is 5. The lowest BCUT2D eigenvalue weighted by Crippen LogP contribution is -2.46. The van der Waals surface area contributed by atoms with E-state index >= 15 is 0 Å². The van der Waals surface area contributed by atoms with Crippen LogP contribution in [0, 0.1) is 5.82 Å². The molecule has 35 heavy (non-hydrogen) atoms. The molecule has 1 atom stereocenters. The molecule has 0 aliphatic carbocycles. The molecule has 4 aromatic rings. The van der Waals surface area contributed by atoms with Crippen LogP contribution in [0.5, 0.6) is 11.5 Å². The van der Waals surface area contributed by atoms with Crippen LogP contribution in [0.3, 0.4) is 0 Å². The fraction of sp³-hybridized carbons (Fsp3) is 0.115. The van der Waals surface area contributed by atoms with Crippen LogP contribution >= 0.6 is 0 Å². The first-order valence-electron chi connectivity index (χ1n) is 10.8. The van der Waals surface area contributed by atoms with Gasteiger partial charge in [0, 0.05) is 11.3 Å². The molecule has 2 amide bonds. The van der Waals surface area contributed by atoms with Gasteiger partial charge < -0.3 is 19.7 Å². The number of para-hydroxylation sites is 1. The summed E-state index contributed by atoms with van der Waals surface area (Å²) in [6, 6.07) is 18.8. The molecule has 2 heterocycles. The van der Waals surface area contributed by atoms with Gasteiger partial charge in [0.15, 0.2) is 11.5 Å². The lowest BCUT2D eigenvalue weighted by atomic mass is 9.94. The van der Waals surface area contributed by atoms with Crippen molar-refractivity contribution in [2.45, 2.75) is 13.0 Å². The van der Waals surface area contributed by atoms with Crippen LogP contribution in [0.25, 0.3) is 17.0 Å². The molecule has 1 aliphatic heterocycles. The second-order valence-electron chi connectivity index (χ2n) is 7.92. The highest BCUT2D eigenvalue weighted by molar-refractivity contribution is 6.01. The number of hydrogen-bond acceptors (Lipinski definition) is 6. The summed E-state index contributed by atoms with van der Waals surface area (Å²) in [7, 11) is 1.46. The molecule has 1 aliphatic rings. The van der Waals surface area contributed by atoms with Crippen molar-refractivity contribution in [3.63, 3.8) is 0 Å². The number of aromatic hydroxyl groups is 1. The second-order valence-corrected chi connectivity index (χ2v) is 7.92. The predicted octanol–water partition coefficient (Wildman–Crippen LogP) is 5.29. The molecular formula is C26H21FN4O4. The number of urea groups is 1. The van der Waals surface area contributed by atoms with Gasteiger partial charge in [0.1, 0.15) is 5.82 Å². The normalized spacial score (nSPS) is 15.8. The van der Waals surface area contributed by atoms with E-state index in [4.69, 9.17) is 9.26 Å². The number of aromatic nitrogens is 2. The lowest BCUT2D eigenvalue weighted by Gasteiger charge is -2.35. The maximum absolute atomic E-state index is 13.8. The monoisotopic (exact) mass is 472 g/mol. The molecule has 0 radical (unpaired) electrons. The molecule has 0 bridgehead atoms. The smallest absolute Gasteiger partial charge is 0.326 e. The summed E-state index contributed by atoms with van der Waals surface area (Å²) in [5.41, 5.74) is 2.80. The Balaban J connectivity index is 1.66. The minimum Gasteiger partial charge on any atom is -0.504 e. The number of phenolic OH excluding ortho intramolecular Hbond substituents is 1. The third kappa shape index (κ3) is 4.08. The molecular weight excluding hydrogens is 451 g/mol. The Labute approximate surface area is 200 Å². The fourth-order valence-electron chi connectivity index (χ4n) is 4.12. The van der Waals surface area contributed by atoms with Crippen LogP contribution in [0.15, 0.2) is 83.0 Å². The van der Waals surface area contributed by atoms with Gasteiger partial charge in [-0.15, -0.1) is 0 Å². The van der Waals surface area contributed by atoms with E-state index < -0.39 is 11.9 Å². The standard InChI is InChI=1S/C26H21FN4O4/c1-15-22(25-29-24(30-35-25)17-7-6-8-18(27)13-17)23(16-11-12-21(34-2)20(32)14-16)28-26(33)31(15)19-9-4-3-5-10-19/h3-14,23,32H,1-2H3,(H,28,33). The number of allylic oxidation sites excluding steroid dienone is 1. The van der Waals surface area contributed by atoms with Gasteiger partial charge in [0.25, 0.3) is 5.89 Å². The molecule has 5 rings (SSSR count). The van der Waals surface area contributed by atoms with Gasteiger partial charge in [-0.25, -0.2) is 9.18 Å². The number of halogens is 1. The second kappa shape index (κ2) is 8.94. The number of methoxy groups -OCH3 is 1. The molecule has 1 unspecified atom stereocenters. The zero-order valence-corrected chi connectivity index (χ0v) is 18.9. The zero-order chi connectivity index (χ0) is 24.5. The molecule has 3 aromatic carbocycles. The highest BCUT2D eigenvalue weighted by Gasteiger charge is 2.36. The van der Waals surface area contributed by atoms with E-state index in [1.165, 1.54) is 30.2 Å². The number of nitrogens with one attached hydrogen (secondary N) is 1. The van der Waals surface area contributed by atoms with Gasteiger partial charge in [-0.1, -0.05) is 41.6 Å². The third-order valence-electron chi connectivity index (χ3n) is 5.77. The molecule has 0 saturated heterocycles. The quantitative estimate of drug-likeness (QED) is 0.409. The number of benzene rings is 3. The summed E-state index contributed by atoms with van der Waals surface area (Å²) >= 11 is 0. The molecule has 2 N–H and O–H groups in total. The van der Waals surface area contributed by atoms with Crippen molar-refractivity contribution in [2.75, 3.05) is 12.0 Å². The fourth-order valence-corrected chi connectivity index (χ4v) is 4.12. The van der Waals surface area contributed by atoms with E-state index in [1.54, 1.807) is 31.2 Å². The summed E-state index contributed by atoms with van der Waals surface area (Å²) in [6.07, 6.45) is 0. The number of hydrogen-bond donors (Lipinski definition) is 2. The maximum atomic E-state index is 13.8. The average Bonchev–Trinajstić information content (AvgIpc) is 3.34. The van der Waals surface area contributed by atoms with Gasteiger partial charge in [0.2, 0.25) is 5.82 Å². The van der Waals surface area contributed by atoms with Gasteiger partial charge in [-0.3, -0.25) is 4.90 Å². The Kier molecular flexibility index (Phi) is 5.66. The largest absolute Gasteiger partial charge is 0.504 e. The van der Waals surface area contributed by atoms with Crippen molar-refractivity contribution in [3.05, 3.63) is 95.8 Å². The van der Waals surface area contributed by atoms with E-state index in [9.17, 15) is 14.3 Å². The van der Waals surface area contributed by atoms with E-state index in [2.05, 4.69) is 15.5 Å². The minimum atomic E-state index is -0.708. The zero-order valence-electron chi connectivity index (χ0n) is 18.9. The Bertz CT molecular complexity index is 1430. The highest BCUT2D eigenvalue weighted by atomic mass is 19.1. The highest BCUT2D eigenvalue weighted by Crippen LogP contribution is 2.41. The van der Waals surface area contributed by atoms with Crippen molar-refractivity contribution in [1.82, 2.24) is 15.5 Å². The van der Waals surface area contributed by atoms with Crippen LogP contribution < -0.4 is 15.0 Å². The minimum absolute atomic E-state index is 0.0762. The first kappa shape index (κ1) is 22.1. The van der Waals surface area contributed by atoms with Crippen molar-refractivity contribution in [1.29, 1.82) is 0 Å². The Morgan fingerprint density at radius 2 is 1.89 bits per heavy atom. The maximum Gasteiger partial charge on any atom is 0.326 e. The molecule has 0 fully saturated rings.